The van der Waals surface area contributed by atoms with Crippen molar-refractivity contribution in [2.45, 2.75) is 120 Å². The second-order valence-corrected chi connectivity index (χ2v) is 18.9. The van der Waals surface area contributed by atoms with Gasteiger partial charge in [0.05, 0.1) is 25.3 Å². The summed E-state index contributed by atoms with van der Waals surface area (Å²) in [5.74, 6) is -1.16. The van der Waals surface area contributed by atoms with Crippen LogP contribution in [-0.2, 0) is 44.5 Å². The monoisotopic (exact) mass is 882 g/mol. The van der Waals surface area contributed by atoms with Crippen LogP contribution < -0.4 is 20.3 Å². The number of fused-ring (bicyclic) bond motifs is 5. The smallest absolute Gasteiger partial charge is 0.409 e. The standard InChI is InChI=1S/C41H59ClN4O11S2/c1-23-12-11-13-31(54-10)41(52)22-30(55-39(51)44-41)25(3)37-40(5,57-37)32(21-35(49)46(8)28-19-27(18-23)20-29(53-9)36(28)42)56-38(50)26(4)45(7)34(48)16-17-58-59-24(2)14-15-33(47)43-6/h11-13,19-20,24-26,30-32,37,52H,14-18,21-22H2,1-10H3,(H,43,47)(H,44,51)/b13-11+,23-12+/t24?,25-,26+,30+,31-,32+,37?,40?,41+/m1/s1. The highest BCUT2D eigenvalue weighted by Gasteiger charge is 2.64. The molecule has 3 unspecified atom stereocenters. The van der Waals surface area contributed by atoms with Crippen molar-refractivity contribution in [2.75, 3.05) is 46.0 Å². The first-order chi connectivity index (χ1) is 27.8. The highest BCUT2D eigenvalue weighted by molar-refractivity contribution is 8.76. The Labute approximate surface area is 360 Å². The van der Waals surface area contributed by atoms with E-state index in [4.69, 9.17) is 35.3 Å². The molecule has 1 aromatic rings. The van der Waals surface area contributed by atoms with E-state index in [1.54, 1.807) is 69.9 Å². The van der Waals surface area contributed by atoms with Crippen molar-refractivity contribution in [3.05, 3.63) is 46.5 Å². The Hall–Kier alpha value is -3.48. The molecular weight excluding hydrogens is 824 g/mol. The summed E-state index contributed by atoms with van der Waals surface area (Å²) in [5.41, 5.74) is -0.976. The molecule has 15 nitrogen and oxygen atoms in total. The van der Waals surface area contributed by atoms with Crippen LogP contribution in [0.25, 0.3) is 0 Å². The number of rotatable bonds is 13. The maximum Gasteiger partial charge on any atom is 0.409 e. The lowest BCUT2D eigenvalue weighted by Crippen LogP contribution is -2.63. The number of anilines is 1. The molecule has 3 heterocycles. The van der Waals surface area contributed by atoms with Crippen LogP contribution in [0.3, 0.4) is 0 Å². The number of hydrogen-bond donors (Lipinski definition) is 3. The highest BCUT2D eigenvalue weighted by atomic mass is 35.5. The predicted octanol–water partition coefficient (Wildman–Crippen LogP) is 5.20. The number of nitrogens with zero attached hydrogens (tertiary/aromatic N) is 2. The highest BCUT2D eigenvalue weighted by Crippen LogP contribution is 2.49. The van der Waals surface area contributed by atoms with Gasteiger partial charge in [0, 0.05) is 64.4 Å². The average Bonchev–Trinajstić information content (AvgIpc) is 3.90. The van der Waals surface area contributed by atoms with E-state index in [0.717, 1.165) is 11.1 Å². The number of likely N-dealkylation sites (N-methyl/N-ethyl adjacent to an activating group) is 1. The van der Waals surface area contributed by atoms with Gasteiger partial charge in [0.1, 0.15) is 40.7 Å². The summed E-state index contributed by atoms with van der Waals surface area (Å²) in [6, 6.07) is 2.57. The van der Waals surface area contributed by atoms with Gasteiger partial charge in [-0.1, -0.05) is 70.8 Å². The van der Waals surface area contributed by atoms with E-state index in [2.05, 4.69) is 10.6 Å². The average molecular weight is 884 g/mol. The third-order valence-corrected chi connectivity index (χ3v) is 14.6. The predicted molar refractivity (Wildman–Crippen MR) is 228 cm³/mol. The lowest BCUT2D eigenvalue weighted by molar-refractivity contribution is -0.162. The molecule has 1 aromatic carbocycles. The molecule has 59 heavy (non-hydrogen) atoms. The number of allylic oxidation sites excluding steroid dienone is 3. The van der Waals surface area contributed by atoms with E-state index >= 15 is 0 Å². The fourth-order valence-electron chi connectivity index (χ4n) is 7.20. The first-order valence-corrected chi connectivity index (χ1v) is 22.4. The molecule has 3 aliphatic rings. The van der Waals surface area contributed by atoms with Crippen molar-refractivity contribution in [1.29, 1.82) is 0 Å². The molecule has 2 fully saturated rings. The maximum absolute atomic E-state index is 14.2. The first-order valence-electron chi connectivity index (χ1n) is 19.6. The van der Waals surface area contributed by atoms with Gasteiger partial charge in [0.15, 0.2) is 5.72 Å². The van der Waals surface area contributed by atoms with E-state index in [9.17, 15) is 29.1 Å². The Morgan fingerprint density at radius 1 is 1.20 bits per heavy atom. The number of benzene rings is 1. The van der Waals surface area contributed by atoms with Gasteiger partial charge in [-0.2, -0.15) is 0 Å². The molecule has 4 rings (SSSR count). The normalized spacial score (nSPS) is 29.7. The van der Waals surface area contributed by atoms with Gasteiger partial charge < -0.3 is 43.9 Å². The Morgan fingerprint density at radius 3 is 2.58 bits per heavy atom. The van der Waals surface area contributed by atoms with Crippen LogP contribution in [0.5, 0.6) is 5.75 Å². The number of nitrogens with one attached hydrogen (secondary N) is 2. The van der Waals surface area contributed by atoms with Gasteiger partial charge in [0.25, 0.3) is 0 Å². The van der Waals surface area contributed by atoms with Gasteiger partial charge >= 0.3 is 12.1 Å². The van der Waals surface area contributed by atoms with Crippen LogP contribution in [0.4, 0.5) is 10.5 Å². The summed E-state index contributed by atoms with van der Waals surface area (Å²) in [4.78, 5) is 68.5. The van der Waals surface area contributed by atoms with Crippen molar-refractivity contribution in [3.63, 3.8) is 0 Å². The number of aliphatic hydroxyl groups is 1. The number of epoxide rings is 1. The fraction of sp³-hybridized carbons (Fsp3) is 0.634. The Bertz CT molecular complexity index is 1780. The van der Waals surface area contributed by atoms with Gasteiger partial charge in [-0.15, -0.1) is 0 Å². The molecule has 4 amide bonds. The number of ether oxygens (including phenoxy) is 5. The minimum absolute atomic E-state index is 0.0193. The van der Waals surface area contributed by atoms with E-state index in [0.29, 0.717) is 36.5 Å². The Kier molecular flexibility index (Phi) is 17.0. The molecule has 3 N–H and O–H groups in total. The summed E-state index contributed by atoms with van der Waals surface area (Å²) >= 11 is 6.78. The van der Waals surface area contributed by atoms with Crippen molar-refractivity contribution in [2.24, 2.45) is 5.92 Å². The second-order valence-electron chi connectivity index (χ2n) is 15.6. The number of carbonyl (C=O) groups is 5. The fourth-order valence-corrected chi connectivity index (χ4v) is 9.83. The van der Waals surface area contributed by atoms with E-state index in [1.807, 2.05) is 19.9 Å². The minimum Gasteiger partial charge on any atom is -0.495 e. The summed E-state index contributed by atoms with van der Waals surface area (Å²) in [7, 11) is 10.7. The number of esters is 1. The number of hydrogen-bond acceptors (Lipinski definition) is 13. The third kappa shape index (κ3) is 12.1. The molecule has 2 saturated heterocycles. The van der Waals surface area contributed by atoms with Gasteiger partial charge in [-0.3, -0.25) is 19.7 Å². The van der Waals surface area contributed by atoms with Crippen molar-refractivity contribution in [3.8, 4) is 5.75 Å². The molecule has 0 saturated carbocycles. The second kappa shape index (κ2) is 20.9. The van der Waals surface area contributed by atoms with Crippen molar-refractivity contribution < 1.29 is 52.8 Å². The molecule has 0 aliphatic carbocycles. The lowest BCUT2D eigenvalue weighted by Gasteiger charge is -2.42. The van der Waals surface area contributed by atoms with Crippen LogP contribution in [-0.4, -0.2) is 128 Å². The first kappa shape index (κ1) is 48.2. The third-order valence-electron chi connectivity index (χ3n) is 11.2. The van der Waals surface area contributed by atoms with Gasteiger partial charge in [-0.25, -0.2) is 9.59 Å². The Morgan fingerprint density at radius 2 is 1.92 bits per heavy atom. The van der Waals surface area contributed by atoms with E-state index < -0.39 is 65.7 Å². The van der Waals surface area contributed by atoms with Crippen LogP contribution >= 0.6 is 33.2 Å². The SMILES string of the molecule is CNC(=O)CCC(C)SSCCC(=O)N(C)[C@@H](C)C(=O)O[C@H]1CC(=O)N(C)c2cc(cc(OC)c2Cl)C/C(C)=C/C=C/[C@@H](OC)[C@@]2(O)C[C@H](OC(=O)N2)[C@@H](C)C2OC21C. The maximum atomic E-state index is 14.2. The molecule has 0 radical (unpaired) electrons. The number of methoxy groups -OCH3 is 2. The minimum atomic E-state index is -1.84. The largest absolute Gasteiger partial charge is 0.495 e. The van der Waals surface area contributed by atoms with Crippen LogP contribution in [0, 0.1) is 5.92 Å². The molecule has 3 aliphatic heterocycles. The summed E-state index contributed by atoms with van der Waals surface area (Å²) in [5, 5.41) is 17.3. The quantitative estimate of drug-likeness (QED) is 0.102. The molecule has 0 aromatic heterocycles. The molecule has 9 atom stereocenters. The lowest BCUT2D eigenvalue weighted by atomic mass is 9.83. The Balaban J connectivity index is 1.61. The number of amides is 4. The number of alkyl carbamates (subject to hydrolysis) is 1. The molecule has 4 bridgehead atoms. The summed E-state index contributed by atoms with van der Waals surface area (Å²) < 4.78 is 29.3. The van der Waals surface area contributed by atoms with Crippen molar-refractivity contribution >= 4 is 68.7 Å². The van der Waals surface area contributed by atoms with Gasteiger partial charge in [0.2, 0.25) is 17.7 Å². The van der Waals surface area contributed by atoms with Gasteiger partial charge in [-0.05, 0) is 51.3 Å². The number of halogens is 1. The zero-order valence-corrected chi connectivity index (χ0v) is 37.9. The molecule has 328 valence electrons. The van der Waals surface area contributed by atoms with Crippen LogP contribution in [0.2, 0.25) is 5.02 Å². The zero-order chi connectivity index (χ0) is 43.8. The van der Waals surface area contributed by atoms with E-state index in [1.165, 1.54) is 41.9 Å². The molecular formula is C41H59ClN4O11S2. The van der Waals surface area contributed by atoms with Crippen LogP contribution in [0.15, 0.2) is 35.9 Å². The number of carbonyl (C=O) groups excluding carboxylic acids is 5. The molecule has 0 spiro atoms. The molecule has 18 heteroatoms. The van der Waals surface area contributed by atoms with Crippen molar-refractivity contribution in [1.82, 2.24) is 15.5 Å². The van der Waals surface area contributed by atoms with Crippen LogP contribution in [0.1, 0.15) is 72.3 Å². The topological polar surface area (TPSA) is 186 Å². The zero-order valence-electron chi connectivity index (χ0n) is 35.5. The van der Waals surface area contributed by atoms with E-state index in [-0.39, 0.29) is 41.3 Å². The summed E-state index contributed by atoms with van der Waals surface area (Å²) in [6.45, 7) is 9.01. The summed E-state index contributed by atoms with van der Waals surface area (Å²) in [6.07, 6.45) is 2.11.